The molecule has 0 saturated carbocycles. The Hall–Kier alpha value is -1.94. The van der Waals surface area contributed by atoms with Crippen LogP contribution < -0.4 is 5.32 Å². The van der Waals surface area contributed by atoms with Crippen molar-refractivity contribution in [1.82, 2.24) is 5.32 Å². The van der Waals surface area contributed by atoms with E-state index in [1.165, 1.54) is 0 Å². The second-order valence-electron chi connectivity index (χ2n) is 3.90. The summed E-state index contributed by atoms with van der Waals surface area (Å²) in [4.78, 5) is 24.5. The molecule has 4 heteroatoms. The van der Waals surface area contributed by atoms with Crippen LogP contribution in [0.1, 0.15) is 25.6 Å². The van der Waals surface area contributed by atoms with Crippen LogP contribution >= 0.6 is 11.3 Å². The Balaban J connectivity index is 2.31. The average molecular weight is 243 g/mol. The minimum Gasteiger partial charge on any atom is -0.288 e. The molecule has 1 aromatic heterocycles. The standard InChI is InChI=1S/C13H9NO2S/c1-7-8(5-6-17-7)9-3-2-4-10-11(9)13(16)14-12(10)15/h2-6H,1H3,(H,14,15,16). The number of thiophene rings is 1. The largest absolute Gasteiger partial charge is 0.288 e. The second kappa shape index (κ2) is 3.53. The summed E-state index contributed by atoms with van der Waals surface area (Å²) in [5, 5.41) is 4.31. The summed E-state index contributed by atoms with van der Waals surface area (Å²) in [5.74, 6) is -0.606. The lowest BCUT2D eigenvalue weighted by molar-refractivity contribution is 0.0880. The molecule has 1 aliphatic heterocycles. The first kappa shape index (κ1) is 10.2. The maximum Gasteiger partial charge on any atom is 0.259 e. The van der Waals surface area contributed by atoms with E-state index >= 15 is 0 Å². The number of aryl methyl sites for hydroxylation is 1. The lowest BCUT2D eigenvalue weighted by Crippen LogP contribution is -2.20. The molecule has 3 nitrogen and oxygen atoms in total. The van der Waals surface area contributed by atoms with Gasteiger partial charge in [-0.3, -0.25) is 14.9 Å². The molecule has 0 unspecified atom stereocenters. The minimum atomic E-state index is -0.306. The zero-order chi connectivity index (χ0) is 12.0. The predicted molar refractivity (Wildman–Crippen MR) is 66.3 cm³/mol. The minimum absolute atomic E-state index is 0.300. The van der Waals surface area contributed by atoms with E-state index in [4.69, 9.17) is 0 Å². The summed E-state index contributed by atoms with van der Waals surface area (Å²) in [6.07, 6.45) is 0. The Kier molecular flexibility index (Phi) is 2.12. The van der Waals surface area contributed by atoms with E-state index in [1.807, 2.05) is 30.5 Å². The highest BCUT2D eigenvalue weighted by Crippen LogP contribution is 2.33. The maximum atomic E-state index is 11.8. The Morgan fingerprint density at radius 1 is 1.00 bits per heavy atom. The van der Waals surface area contributed by atoms with E-state index in [0.29, 0.717) is 11.1 Å². The molecule has 0 saturated heterocycles. The number of benzene rings is 1. The molecule has 2 aromatic rings. The summed E-state index contributed by atoms with van der Waals surface area (Å²) < 4.78 is 0. The van der Waals surface area contributed by atoms with E-state index in [0.717, 1.165) is 16.0 Å². The molecule has 0 spiro atoms. The number of hydrogen-bond donors (Lipinski definition) is 1. The third-order valence-corrected chi connectivity index (χ3v) is 3.76. The van der Waals surface area contributed by atoms with Gasteiger partial charge < -0.3 is 0 Å². The third kappa shape index (κ3) is 1.41. The van der Waals surface area contributed by atoms with Gasteiger partial charge in [0, 0.05) is 4.88 Å². The van der Waals surface area contributed by atoms with E-state index in [2.05, 4.69) is 5.32 Å². The van der Waals surface area contributed by atoms with Gasteiger partial charge in [0.2, 0.25) is 0 Å². The zero-order valence-corrected chi connectivity index (χ0v) is 9.93. The molecule has 0 aliphatic carbocycles. The van der Waals surface area contributed by atoms with Gasteiger partial charge in [-0.25, -0.2) is 0 Å². The van der Waals surface area contributed by atoms with Gasteiger partial charge in [0.25, 0.3) is 11.8 Å². The number of rotatable bonds is 1. The second-order valence-corrected chi connectivity index (χ2v) is 5.02. The number of imide groups is 1. The van der Waals surface area contributed by atoms with Gasteiger partial charge in [-0.1, -0.05) is 12.1 Å². The van der Waals surface area contributed by atoms with Crippen LogP contribution in [-0.4, -0.2) is 11.8 Å². The van der Waals surface area contributed by atoms with Gasteiger partial charge in [0.05, 0.1) is 11.1 Å². The number of nitrogens with one attached hydrogen (secondary N) is 1. The first-order valence-corrected chi connectivity index (χ1v) is 6.09. The molecule has 0 bridgehead atoms. The molecule has 3 rings (SSSR count). The molecule has 0 fully saturated rings. The number of amides is 2. The molecular weight excluding hydrogens is 234 g/mol. The number of fused-ring (bicyclic) bond motifs is 1. The first-order chi connectivity index (χ1) is 8.18. The van der Waals surface area contributed by atoms with Crippen molar-refractivity contribution >= 4 is 23.2 Å². The van der Waals surface area contributed by atoms with Crippen LogP contribution in [-0.2, 0) is 0 Å². The Labute approximate surface area is 102 Å². The smallest absolute Gasteiger partial charge is 0.259 e. The Bertz CT molecular complexity index is 643. The van der Waals surface area contributed by atoms with Crippen molar-refractivity contribution in [3.63, 3.8) is 0 Å². The Morgan fingerprint density at radius 3 is 2.47 bits per heavy atom. The molecule has 1 N–H and O–H groups in total. The molecule has 2 amide bonds. The summed E-state index contributed by atoms with van der Waals surface area (Å²) in [6, 6.07) is 7.35. The average Bonchev–Trinajstić information content (AvgIpc) is 2.85. The van der Waals surface area contributed by atoms with Crippen LogP contribution in [0.15, 0.2) is 29.6 Å². The lowest BCUT2D eigenvalue weighted by atomic mass is 9.97. The topological polar surface area (TPSA) is 46.2 Å². The van der Waals surface area contributed by atoms with Crippen molar-refractivity contribution < 1.29 is 9.59 Å². The van der Waals surface area contributed by atoms with Crippen molar-refractivity contribution in [1.29, 1.82) is 0 Å². The summed E-state index contributed by atoms with van der Waals surface area (Å²) >= 11 is 1.63. The number of carbonyl (C=O) groups excluding carboxylic acids is 2. The first-order valence-electron chi connectivity index (χ1n) is 5.21. The quantitative estimate of drug-likeness (QED) is 0.782. The molecule has 1 aliphatic rings. The molecule has 84 valence electrons. The zero-order valence-electron chi connectivity index (χ0n) is 9.11. The van der Waals surface area contributed by atoms with Gasteiger partial charge in [-0.15, -0.1) is 11.3 Å². The van der Waals surface area contributed by atoms with E-state index in [1.54, 1.807) is 17.4 Å². The van der Waals surface area contributed by atoms with Gasteiger partial charge in [0.1, 0.15) is 0 Å². The van der Waals surface area contributed by atoms with Crippen LogP contribution in [0.3, 0.4) is 0 Å². The third-order valence-electron chi connectivity index (χ3n) is 2.91. The lowest BCUT2D eigenvalue weighted by Gasteiger charge is -2.04. The Morgan fingerprint density at radius 2 is 1.76 bits per heavy atom. The fourth-order valence-electron chi connectivity index (χ4n) is 2.11. The van der Waals surface area contributed by atoms with Gasteiger partial charge in [-0.2, -0.15) is 0 Å². The van der Waals surface area contributed by atoms with Gasteiger partial charge >= 0.3 is 0 Å². The molecule has 0 atom stereocenters. The SMILES string of the molecule is Cc1sccc1-c1cccc2c1C(=O)NC2=O. The van der Waals surface area contributed by atoms with Crippen molar-refractivity contribution in [2.75, 3.05) is 0 Å². The van der Waals surface area contributed by atoms with Crippen LogP contribution in [0.25, 0.3) is 11.1 Å². The van der Waals surface area contributed by atoms with Gasteiger partial charge in [0.15, 0.2) is 0 Å². The predicted octanol–water partition coefficient (Wildman–Crippen LogP) is 2.61. The highest BCUT2D eigenvalue weighted by atomic mass is 32.1. The van der Waals surface area contributed by atoms with Crippen molar-refractivity contribution in [3.05, 3.63) is 45.6 Å². The fourth-order valence-corrected chi connectivity index (χ4v) is 2.82. The molecule has 0 radical (unpaired) electrons. The van der Waals surface area contributed by atoms with E-state index < -0.39 is 0 Å². The fraction of sp³-hybridized carbons (Fsp3) is 0.0769. The maximum absolute atomic E-state index is 11.8. The van der Waals surface area contributed by atoms with Crippen molar-refractivity contribution in [3.8, 4) is 11.1 Å². The van der Waals surface area contributed by atoms with Gasteiger partial charge in [-0.05, 0) is 35.6 Å². The molecule has 1 aromatic carbocycles. The monoisotopic (exact) mass is 243 g/mol. The van der Waals surface area contributed by atoms with Crippen LogP contribution in [0, 0.1) is 6.92 Å². The van der Waals surface area contributed by atoms with Crippen LogP contribution in [0.2, 0.25) is 0 Å². The molecule has 17 heavy (non-hydrogen) atoms. The summed E-state index contributed by atoms with van der Waals surface area (Å²) in [6.45, 7) is 2.01. The highest BCUT2D eigenvalue weighted by Gasteiger charge is 2.29. The number of hydrogen-bond acceptors (Lipinski definition) is 3. The van der Waals surface area contributed by atoms with Crippen molar-refractivity contribution in [2.45, 2.75) is 6.92 Å². The number of carbonyl (C=O) groups is 2. The van der Waals surface area contributed by atoms with Crippen LogP contribution in [0.5, 0.6) is 0 Å². The normalized spacial score (nSPS) is 13.7. The molecule has 2 heterocycles. The van der Waals surface area contributed by atoms with Crippen LogP contribution in [0.4, 0.5) is 0 Å². The van der Waals surface area contributed by atoms with E-state index in [-0.39, 0.29) is 11.8 Å². The summed E-state index contributed by atoms with van der Waals surface area (Å²) in [5.41, 5.74) is 2.83. The summed E-state index contributed by atoms with van der Waals surface area (Å²) in [7, 11) is 0. The van der Waals surface area contributed by atoms with Crippen molar-refractivity contribution in [2.24, 2.45) is 0 Å². The van der Waals surface area contributed by atoms with E-state index in [9.17, 15) is 9.59 Å². The molecular formula is C13H9NO2S. The highest BCUT2D eigenvalue weighted by molar-refractivity contribution is 7.10.